The number of anilines is 5. The molecule has 41 heavy (non-hydrogen) atoms. The third-order valence-electron chi connectivity index (χ3n) is 6.92. The molecule has 0 bridgehead atoms. The number of aromatic nitrogens is 3. The Hall–Kier alpha value is -3.53. The maximum absolute atomic E-state index is 11.9. The first-order valence-electron chi connectivity index (χ1n) is 12.9. The van der Waals surface area contributed by atoms with E-state index in [9.17, 15) is 13.2 Å². The van der Waals surface area contributed by atoms with E-state index in [1.807, 2.05) is 25.1 Å². The second-order valence-corrected chi connectivity index (χ2v) is 13.5. The fraction of sp³-hybridized carbons (Fsp3) is 0.346. The molecule has 1 amide bonds. The zero-order valence-electron chi connectivity index (χ0n) is 22.9. The van der Waals surface area contributed by atoms with Crippen molar-refractivity contribution in [2.45, 2.75) is 6.92 Å². The first-order valence-corrected chi connectivity index (χ1v) is 16.2. The maximum atomic E-state index is 11.9. The van der Waals surface area contributed by atoms with Crippen LogP contribution in [0.1, 0.15) is 15.2 Å². The number of piperazine rings is 1. The number of rotatable bonds is 10. The number of carbonyl (C=O) groups is 1. The summed E-state index contributed by atoms with van der Waals surface area (Å²) in [5.74, 6) is 1.08. The number of amides is 1. The lowest BCUT2D eigenvalue weighted by atomic mass is 10.1. The number of nitrogens with two attached hydrogens (primary N) is 1. The van der Waals surface area contributed by atoms with E-state index in [0.29, 0.717) is 46.0 Å². The number of hydrogen-bond donors (Lipinski definition) is 4. The SMILES string of the molecule is COc1cc(N2CCN(CCS(C)(=O)=O)CC2)c(C)cc1Nc1nc(Nc2ccsc2C(N)=O)c2ccn(S)c2n1. The number of fused-ring (bicyclic) bond motifs is 1. The number of carbonyl (C=O) groups excluding carboxylic acids is 1. The van der Waals surface area contributed by atoms with Crippen molar-refractivity contribution >= 4 is 79.8 Å². The van der Waals surface area contributed by atoms with Gasteiger partial charge in [0.1, 0.15) is 26.3 Å². The molecular formula is C26H32N8O4S3. The number of sulfone groups is 1. The molecule has 0 unspecified atom stereocenters. The molecule has 0 atom stereocenters. The van der Waals surface area contributed by atoms with Crippen LogP contribution in [0.25, 0.3) is 11.0 Å². The smallest absolute Gasteiger partial charge is 0.260 e. The van der Waals surface area contributed by atoms with E-state index >= 15 is 0 Å². The van der Waals surface area contributed by atoms with Crippen molar-refractivity contribution in [3.05, 3.63) is 46.3 Å². The van der Waals surface area contributed by atoms with E-state index in [2.05, 4.69) is 38.2 Å². The maximum Gasteiger partial charge on any atom is 0.260 e. The van der Waals surface area contributed by atoms with Gasteiger partial charge in [-0.2, -0.15) is 9.97 Å². The first-order chi connectivity index (χ1) is 19.5. The van der Waals surface area contributed by atoms with Crippen molar-refractivity contribution in [1.82, 2.24) is 18.8 Å². The first kappa shape index (κ1) is 29.0. The summed E-state index contributed by atoms with van der Waals surface area (Å²) in [5.41, 5.74) is 9.46. The van der Waals surface area contributed by atoms with Gasteiger partial charge < -0.3 is 26.0 Å². The van der Waals surface area contributed by atoms with Gasteiger partial charge >= 0.3 is 0 Å². The lowest BCUT2D eigenvalue weighted by Crippen LogP contribution is -2.47. The number of ether oxygens (including phenoxy) is 1. The Bertz CT molecular complexity index is 1690. The number of primary amides is 1. The van der Waals surface area contributed by atoms with Gasteiger partial charge in [0.25, 0.3) is 5.91 Å². The number of thiophene rings is 1. The topological polar surface area (TPSA) is 148 Å². The predicted octanol–water partition coefficient (Wildman–Crippen LogP) is 3.26. The second-order valence-electron chi connectivity index (χ2n) is 9.87. The van der Waals surface area contributed by atoms with Gasteiger partial charge in [-0.15, -0.1) is 11.3 Å². The molecule has 15 heteroatoms. The summed E-state index contributed by atoms with van der Waals surface area (Å²) in [6, 6.07) is 7.60. The summed E-state index contributed by atoms with van der Waals surface area (Å²) in [5, 5.41) is 9.03. The predicted molar refractivity (Wildman–Crippen MR) is 167 cm³/mol. The fourth-order valence-electron chi connectivity index (χ4n) is 4.79. The molecule has 12 nitrogen and oxygen atoms in total. The van der Waals surface area contributed by atoms with Crippen LogP contribution in [0, 0.1) is 6.92 Å². The van der Waals surface area contributed by atoms with Crippen LogP contribution in [0.2, 0.25) is 0 Å². The van der Waals surface area contributed by atoms with Gasteiger partial charge in [-0.3, -0.25) is 13.7 Å². The largest absolute Gasteiger partial charge is 0.494 e. The normalized spacial score (nSPS) is 14.4. The highest BCUT2D eigenvalue weighted by molar-refractivity contribution is 7.90. The van der Waals surface area contributed by atoms with Crippen LogP contribution < -0.4 is 26.0 Å². The summed E-state index contributed by atoms with van der Waals surface area (Å²) in [6.45, 7) is 5.71. The van der Waals surface area contributed by atoms with E-state index in [4.69, 9.17) is 15.5 Å². The molecule has 0 aliphatic carbocycles. The number of methoxy groups -OCH3 is 1. The summed E-state index contributed by atoms with van der Waals surface area (Å²) >= 11 is 5.74. The summed E-state index contributed by atoms with van der Waals surface area (Å²) < 4.78 is 30.4. The summed E-state index contributed by atoms with van der Waals surface area (Å²) in [4.78, 5) is 26.1. The zero-order valence-corrected chi connectivity index (χ0v) is 25.4. The number of thiol groups is 1. The van der Waals surface area contributed by atoms with E-state index in [1.165, 1.54) is 17.6 Å². The van der Waals surface area contributed by atoms with E-state index in [-0.39, 0.29) is 5.75 Å². The van der Waals surface area contributed by atoms with Crippen LogP contribution >= 0.6 is 24.2 Å². The molecule has 1 fully saturated rings. The summed E-state index contributed by atoms with van der Waals surface area (Å²) in [7, 11) is -1.37. The Morgan fingerprint density at radius 2 is 1.90 bits per heavy atom. The van der Waals surface area contributed by atoms with Gasteiger partial charge in [-0.25, -0.2) is 8.42 Å². The fourth-order valence-corrected chi connectivity index (χ4v) is 6.30. The average Bonchev–Trinajstić information content (AvgIpc) is 3.54. The number of nitrogens with one attached hydrogen (secondary N) is 2. The monoisotopic (exact) mass is 616 g/mol. The lowest BCUT2D eigenvalue weighted by Gasteiger charge is -2.37. The summed E-state index contributed by atoms with van der Waals surface area (Å²) in [6.07, 6.45) is 3.04. The van der Waals surface area contributed by atoms with E-state index in [0.717, 1.165) is 42.8 Å². The standard InChI is InChI=1S/C26H32N8O4S3/c1-16-14-19(21(38-2)15-20(16)33-9-7-32(8-10-33)11-13-41(3,36)37)29-26-30-24(17-4-6-34(39)25(17)31-26)28-18-5-12-40-22(18)23(27)35/h4-6,12,14-15,39H,7-11,13H2,1-3H3,(H2,27,35)(H2,28,29,30,31). The number of aryl methyl sites for hydroxylation is 1. The van der Waals surface area contributed by atoms with Crippen LogP contribution in [0.4, 0.5) is 28.8 Å². The number of hydrogen-bond acceptors (Lipinski definition) is 12. The molecule has 1 aromatic carbocycles. The van der Waals surface area contributed by atoms with Gasteiger partial charge in [-0.1, -0.05) is 12.8 Å². The van der Waals surface area contributed by atoms with Gasteiger partial charge in [0.15, 0.2) is 5.65 Å². The Balaban J connectivity index is 1.39. The molecule has 1 saturated heterocycles. The molecule has 1 aliphatic rings. The van der Waals surface area contributed by atoms with E-state index < -0.39 is 15.7 Å². The number of nitrogens with zero attached hydrogens (tertiary/aromatic N) is 5. The number of benzene rings is 1. The molecule has 4 aromatic rings. The molecule has 3 aromatic heterocycles. The molecule has 0 spiro atoms. The van der Waals surface area contributed by atoms with Crippen molar-refractivity contribution in [2.75, 3.05) is 67.4 Å². The van der Waals surface area contributed by atoms with Gasteiger partial charge in [-0.05, 0) is 36.1 Å². The minimum absolute atomic E-state index is 0.169. The van der Waals surface area contributed by atoms with Gasteiger partial charge in [0, 0.05) is 56.9 Å². The lowest BCUT2D eigenvalue weighted by molar-refractivity contribution is 0.100. The van der Waals surface area contributed by atoms with Crippen molar-refractivity contribution in [3.8, 4) is 5.75 Å². The van der Waals surface area contributed by atoms with Crippen LogP contribution in [-0.4, -0.2) is 85.0 Å². The van der Waals surface area contributed by atoms with Crippen LogP contribution in [0.15, 0.2) is 35.8 Å². The second kappa shape index (κ2) is 11.8. The van der Waals surface area contributed by atoms with Crippen molar-refractivity contribution in [2.24, 2.45) is 5.73 Å². The van der Waals surface area contributed by atoms with Crippen LogP contribution in [-0.2, 0) is 9.84 Å². The Morgan fingerprint density at radius 3 is 2.59 bits per heavy atom. The molecule has 0 saturated carbocycles. The Morgan fingerprint density at radius 1 is 1.15 bits per heavy atom. The highest BCUT2D eigenvalue weighted by Gasteiger charge is 2.22. The molecule has 4 heterocycles. The molecule has 5 rings (SSSR count). The van der Waals surface area contributed by atoms with Crippen molar-refractivity contribution < 1.29 is 17.9 Å². The van der Waals surface area contributed by atoms with Crippen molar-refractivity contribution in [3.63, 3.8) is 0 Å². The minimum Gasteiger partial charge on any atom is -0.494 e. The van der Waals surface area contributed by atoms with Crippen molar-refractivity contribution in [1.29, 1.82) is 0 Å². The Kier molecular flexibility index (Phi) is 8.31. The highest BCUT2D eigenvalue weighted by Crippen LogP contribution is 2.36. The molecular weight excluding hydrogens is 585 g/mol. The van der Waals surface area contributed by atoms with Crippen LogP contribution in [0.5, 0.6) is 5.75 Å². The quantitative estimate of drug-likeness (QED) is 0.196. The third-order valence-corrected chi connectivity index (χ3v) is 9.10. The third kappa shape index (κ3) is 6.53. The Labute approximate surface area is 248 Å². The molecule has 1 aliphatic heterocycles. The van der Waals surface area contributed by atoms with E-state index in [1.54, 1.807) is 28.7 Å². The highest BCUT2D eigenvalue weighted by atomic mass is 32.2. The average molecular weight is 617 g/mol. The van der Waals surface area contributed by atoms with Crippen LogP contribution in [0.3, 0.4) is 0 Å². The van der Waals surface area contributed by atoms with Gasteiger partial charge in [0.2, 0.25) is 5.95 Å². The molecule has 4 N–H and O–H groups in total. The van der Waals surface area contributed by atoms with Gasteiger partial charge in [0.05, 0.1) is 29.6 Å². The minimum atomic E-state index is -2.98. The molecule has 218 valence electrons. The molecule has 0 radical (unpaired) electrons. The zero-order chi connectivity index (χ0) is 29.3.